The van der Waals surface area contributed by atoms with E-state index in [-0.39, 0.29) is 5.41 Å². The lowest BCUT2D eigenvalue weighted by Gasteiger charge is -2.51. The molecular formula is C14H17N3O. The van der Waals surface area contributed by atoms with Crippen molar-refractivity contribution in [2.75, 3.05) is 26.3 Å². The molecule has 0 bridgehead atoms. The van der Waals surface area contributed by atoms with E-state index >= 15 is 0 Å². The standard InChI is InChI=1S/C14H17N3O/c1-17-9-16-12-4-10(2-3-13(12)17)14(7-18-8-14)11-5-15-6-11/h2-4,9,11,15H,5-8H2,1H3. The molecule has 4 rings (SSSR count). The highest BCUT2D eigenvalue weighted by Crippen LogP contribution is 2.41. The molecule has 4 nitrogen and oxygen atoms in total. The van der Waals surface area contributed by atoms with Gasteiger partial charge in [-0.05, 0) is 23.6 Å². The molecule has 2 aliphatic rings. The molecule has 0 radical (unpaired) electrons. The summed E-state index contributed by atoms with van der Waals surface area (Å²) in [5.74, 6) is 0.715. The van der Waals surface area contributed by atoms with E-state index < -0.39 is 0 Å². The number of hydrogen-bond donors (Lipinski definition) is 1. The second kappa shape index (κ2) is 3.56. The molecule has 0 unspecified atom stereocenters. The van der Waals surface area contributed by atoms with Crippen LogP contribution in [0.4, 0.5) is 0 Å². The summed E-state index contributed by atoms with van der Waals surface area (Å²) < 4.78 is 7.58. The number of ether oxygens (including phenoxy) is 1. The van der Waals surface area contributed by atoms with Crippen LogP contribution in [0, 0.1) is 5.92 Å². The van der Waals surface area contributed by atoms with E-state index in [2.05, 4.69) is 33.1 Å². The van der Waals surface area contributed by atoms with Crippen LogP contribution >= 0.6 is 0 Å². The molecule has 94 valence electrons. The van der Waals surface area contributed by atoms with Crippen molar-refractivity contribution in [3.8, 4) is 0 Å². The highest BCUT2D eigenvalue weighted by molar-refractivity contribution is 5.76. The molecule has 0 aliphatic carbocycles. The molecule has 0 saturated carbocycles. The van der Waals surface area contributed by atoms with Gasteiger partial charge in [0.15, 0.2) is 0 Å². The van der Waals surface area contributed by atoms with Gasteiger partial charge in [-0.15, -0.1) is 0 Å². The van der Waals surface area contributed by atoms with Crippen LogP contribution in [0.25, 0.3) is 11.0 Å². The molecule has 2 aliphatic heterocycles. The third-order valence-electron chi connectivity index (χ3n) is 4.58. The minimum atomic E-state index is 0.233. The van der Waals surface area contributed by atoms with Gasteiger partial charge in [-0.25, -0.2) is 4.98 Å². The highest BCUT2D eigenvalue weighted by Gasteiger charge is 2.49. The average Bonchev–Trinajstić information content (AvgIpc) is 2.62. The van der Waals surface area contributed by atoms with E-state index in [0.29, 0.717) is 5.92 Å². The van der Waals surface area contributed by atoms with Crippen LogP contribution in [0.5, 0.6) is 0 Å². The topological polar surface area (TPSA) is 39.1 Å². The normalized spacial score (nSPS) is 22.7. The van der Waals surface area contributed by atoms with Gasteiger partial charge in [0.05, 0.1) is 30.6 Å². The fraction of sp³-hybridized carbons (Fsp3) is 0.500. The summed E-state index contributed by atoms with van der Waals surface area (Å²) in [6.45, 7) is 3.95. The van der Waals surface area contributed by atoms with Gasteiger partial charge < -0.3 is 14.6 Å². The van der Waals surface area contributed by atoms with Crippen LogP contribution < -0.4 is 5.32 Å². The summed E-state index contributed by atoms with van der Waals surface area (Å²) in [6, 6.07) is 6.69. The number of aromatic nitrogens is 2. The summed E-state index contributed by atoms with van der Waals surface area (Å²) in [5, 5.41) is 3.37. The Kier molecular flexibility index (Phi) is 2.08. The number of aryl methyl sites for hydroxylation is 1. The third kappa shape index (κ3) is 1.25. The summed E-state index contributed by atoms with van der Waals surface area (Å²) in [6.07, 6.45) is 1.88. The maximum absolute atomic E-state index is 5.51. The first kappa shape index (κ1) is 10.5. The number of imidazole rings is 1. The smallest absolute Gasteiger partial charge is 0.0955 e. The molecular weight excluding hydrogens is 226 g/mol. The van der Waals surface area contributed by atoms with E-state index in [1.807, 2.05) is 13.4 Å². The summed E-state index contributed by atoms with van der Waals surface area (Å²) in [5.41, 5.74) is 3.91. The number of hydrogen-bond acceptors (Lipinski definition) is 3. The zero-order chi connectivity index (χ0) is 12.2. The molecule has 18 heavy (non-hydrogen) atoms. The number of rotatable bonds is 2. The molecule has 0 amide bonds. The Labute approximate surface area is 106 Å². The minimum absolute atomic E-state index is 0.233. The molecule has 0 spiro atoms. The molecule has 2 aromatic rings. The maximum Gasteiger partial charge on any atom is 0.0955 e. The Morgan fingerprint density at radius 2 is 2.22 bits per heavy atom. The van der Waals surface area contributed by atoms with Gasteiger partial charge in [0.2, 0.25) is 0 Å². The van der Waals surface area contributed by atoms with Crippen molar-refractivity contribution in [2.45, 2.75) is 5.41 Å². The van der Waals surface area contributed by atoms with Gasteiger partial charge in [0, 0.05) is 25.6 Å². The van der Waals surface area contributed by atoms with Crippen LogP contribution in [-0.4, -0.2) is 35.9 Å². The van der Waals surface area contributed by atoms with Gasteiger partial charge in [0.1, 0.15) is 0 Å². The van der Waals surface area contributed by atoms with Crippen LogP contribution in [0.2, 0.25) is 0 Å². The Balaban J connectivity index is 1.80. The molecule has 4 heteroatoms. The van der Waals surface area contributed by atoms with Crippen LogP contribution in [-0.2, 0) is 17.2 Å². The maximum atomic E-state index is 5.51. The van der Waals surface area contributed by atoms with Crippen LogP contribution in [0.1, 0.15) is 5.56 Å². The van der Waals surface area contributed by atoms with E-state index in [4.69, 9.17) is 4.74 Å². The monoisotopic (exact) mass is 243 g/mol. The van der Waals surface area contributed by atoms with Crippen molar-refractivity contribution in [3.05, 3.63) is 30.1 Å². The van der Waals surface area contributed by atoms with Crippen LogP contribution in [0.3, 0.4) is 0 Å². The number of benzene rings is 1. The van der Waals surface area contributed by atoms with Crippen molar-refractivity contribution in [3.63, 3.8) is 0 Å². The second-order valence-electron chi connectivity index (χ2n) is 5.56. The van der Waals surface area contributed by atoms with E-state index in [1.165, 1.54) is 11.1 Å². The molecule has 1 aromatic heterocycles. The largest absolute Gasteiger partial charge is 0.379 e. The Bertz CT molecular complexity index is 596. The van der Waals surface area contributed by atoms with Crippen molar-refractivity contribution < 1.29 is 4.74 Å². The molecule has 3 heterocycles. The SMILES string of the molecule is Cn1cnc2cc(C3(C4CNC4)COC3)ccc21. The fourth-order valence-electron chi connectivity index (χ4n) is 3.09. The van der Waals surface area contributed by atoms with Crippen molar-refractivity contribution in [2.24, 2.45) is 13.0 Å². The lowest BCUT2D eigenvalue weighted by Crippen LogP contribution is -2.62. The number of nitrogens with zero attached hydrogens (tertiary/aromatic N) is 2. The summed E-state index contributed by atoms with van der Waals surface area (Å²) in [4.78, 5) is 4.46. The van der Waals surface area contributed by atoms with Gasteiger partial charge in [-0.2, -0.15) is 0 Å². The second-order valence-corrected chi connectivity index (χ2v) is 5.56. The molecule has 1 aromatic carbocycles. The minimum Gasteiger partial charge on any atom is -0.379 e. The first-order chi connectivity index (χ1) is 8.79. The number of fused-ring (bicyclic) bond motifs is 1. The molecule has 2 saturated heterocycles. The zero-order valence-electron chi connectivity index (χ0n) is 10.5. The summed E-state index contributed by atoms with van der Waals surface area (Å²) in [7, 11) is 2.03. The van der Waals surface area contributed by atoms with E-state index in [0.717, 1.165) is 31.8 Å². The van der Waals surface area contributed by atoms with Crippen molar-refractivity contribution in [1.29, 1.82) is 0 Å². The lowest BCUT2D eigenvalue weighted by atomic mass is 9.66. The third-order valence-corrected chi connectivity index (χ3v) is 4.58. The van der Waals surface area contributed by atoms with E-state index in [9.17, 15) is 0 Å². The van der Waals surface area contributed by atoms with Crippen LogP contribution in [0.15, 0.2) is 24.5 Å². The highest BCUT2D eigenvalue weighted by atomic mass is 16.5. The average molecular weight is 243 g/mol. The predicted octanol–water partition coefficient (Wildman–Crippen LogP) is 1.06. The van der Waals surface area contributed by atoms with Gasteiger partial charge in [-0.3, -0.25) is 0 Å². The quantitative estimate of drug-likeness (QED) is 0.857. The molecule has 1 N–H and O–H groups in total. The lowest BCUT2D eigenvalue weighted by molar-refractivity contribution is -0.101. The zero-order valence-corrected chi connectivity index (χ0v) is 10.5. The van der Waals surface area contributed by atoms with Gasteiger partial charge >= 0.3 is 0 Å². The predicted molar refractivity (Wildman–Crippen MR) is 69.6 cm³/mol. The van der Waals surface area contributed by atoms with Gasteiger partial charge in [-0.1, -0.05) is 6.07 Å². The Morgan fingerprint density at radius 1 is 1.39 bits per heavy atom. The number of nitrogens with one attached hydrogen (secondary N) is 1. The summed E-state index contributed by atoms with van der Waals surface area (Å²) >= 11 is 0. The fourth-order valence-corrected chi connectivity index (χ4v) is 3.09. The first-order valence-electron chi connectivity index (χ1n) is 6.50. The first-order valence-corrected chi connectivity index (χ1v) is 6.50. The van der Waals surface area contributed by atoms with E-state index in [1.54, 1.807) is 0 Å². The Hall–Kier alpha value is -1.39. The van der Waals surface area contributed by atoms with Crippen molar-refractivity contribution in [1.82, 2.24) is 14.9 Å². The van der Waals surface area contributed by atoms with Gasteiger partial charge in [0.25, 0.3) is 0 Å². The Morgan fingerprint density at radius 3 is 2.83 bits per heavy atom. The molecule has 0 atom stereocenters. The van der Waals surface area contributed by atoms with Crippen molar-refractivity contribution >= 4 is 11.0 Å². The molecule has 2 fully saturated rings.